The lowest BCUT2D eigenvalue weighted by atomic mass is 10.1. The Balaban J connectivity index is 2.26. The minimum Gasteiger partial charge on any atom is -0.496 e. The van der Waals surface area contributed by atoms with Crippen molar-refractivity contribution in [3.05, 3.63) is 28.2 Å². The Morgan fingerprint density at radius 3 is 2.68 bits per heavy atom. The van der Waals surface area contributed by atoms with Gasteiger partial charge in [0.2, 0.25) is 0 Å². The second-order valence-electron chi connectivity index (χ2n) is 4.87. The summed E-state index contributed by atoms with van der Waals surface area (Å²) in [7, 11) is 1.60. The van der Waals surface area contributed by atoms with Crippen LogP contribution in [0.3, 0.4) is 0 Å². The van der Waals surface area contributed by atoms with Crippen LogP contribution in [0.4, 0.5) is 0 Å². The molecule has 1 amide bonds. The van der Waals surface area contributed by atoms with Crippen molar-refractivity contribution in [3.8, 4) is 5.75 Å². The summed E-state index contributed by atoms with van der Waals surface area (Å²) in [5.41, 5.74) is 0.652. The first kappa shape index (κ1) is 14.4. The van der Waals surface area contributed by atoms with Crippen molar-refractivity contribution >= 4 is 21.8 Å². The van der Waals surface area contributed by atoms with Crippen molar-refractivity contribution in [3.63, 3.8) is 0 Å². The number of rotatable bonds is 4. The molecule has 4 heteroatoms. The maximum Gasteiger partial charge on any atom is 0.257 e. The topological polar surface area (TPSA) is 29.5 Å². The van der Waals surface area contributed by atoms with Gasteiger partial charge in [-0.25, -0.2) is 0 Å². The molecule has 1 aromatic rings. The Hall–Kier alpha value is -1.03. The third kappa shape index (κ3) is 3.11. The quantitative estimate of drug-likeness (QED) is 0.841. The molecule has 0 spiro atoms. The molecule has 0 heterocycles. The third-order valence-electron chi connectivity index (χ3n) is 3.76. The Morgan fingerprint density at radius 2 is 2.11 bits per heavy atom. The highest BCUT2D eigenvalue weighted by Gasteiger charge is 2.27. The van der Waals surface area contributed by atoms with Gasteiger partial charge in [-0.2, -0.15) is 0 Å². The summed E-state index contributed by atoms with van der Waals surface area (Å²) in [6.07, 6.45) is 4.70. The predicted octanol–water partition coefficient (Wildman–Crippen LogP) is 3.86. The van der Waals surface area contributed by atoms with Crippen LogP contribution < -0.4 is 4.74 Å². The second-order valence-corrected chi connectivity index (χ2v) is 5.79. The third-order valence-corrected chi connectivity index (χ3v) is 4.25. The van der Waals surface area contributed by atoms with Crippen molar-refractivity contribution in [2.75, 3.05) is 13.7 Å². The van der Waals surface area contributed by atoms with Gasteiger partial charge in [-0.3, -0.25) is 4.79 Å². The molecule has 0 radical (unpaired) electrons. The number of methoxy groups -OCH3 is 1. The van der Waals surface area contributed by atoms with Gasteiger partial charge < -0.3 is 9.64 Å². The van der Waals surface area contributed by atoms with E-state index in [-0.39, 0.29) is 5.91 Å². The fourth-order valence-corrected chi connectivity index (χ4v) is 3.12. The number of hydrogen-bond donors (Lipinski definition) is 0. The monoisotopic (exact) mass is 325 g/mol. The van der Waals surface area contributed by atoms with Gasteiger partial charge in [0.05, 0.1) is 12.7 Å². The largest absolute Gasteiger partial charge is 0.496 e. The zero-order chi connectivity index (χ0) is 13.8. The fourth-order valence-electron chi connectivity index (χ4n) is 2.78. The van der Waals surface area contributed by atoms with E-state index in [1.807, 2.05) is 30.0 Å². The molecule has 3 nitrogen and oxygen atoms in total. The Morgan fingerprint density at radius 1 is 1.42 bits per heavy atom. The normalized spacial score (nSPS) is 15.5. The van der Waals surface area contributed by atoms with Crippen molar-refractivity contribution < 1.29 is 9.53 Å². The first-order valence-corrected chi connectivity index (χ1v) is 7.61. The molecule has 1 aliphatic rings. The van der Waals surface area contributed by atoms with Crippen LogP contribution in [0.2, 0.25) is 0 Å². The van der Waals surface area contributed by atoms with Gasteiger partial charge in [0.25, 0.3) is 5.91 Å². The predicted molar refractivity (Wildman–Crippen MR) is 79.7 cm³/mol. The van der Waals surface area contributed by atoms with Gasteiger partial charge in [-0.1, -0.05) is 28.8 Å². The lowest BCUT2D eigenvalue weighted by Crippen LogP contribution is -2.38. The number of hydrogen-bond acceptors (Lipinski definition) is 2. The Kier molecular flexibility index (Phi) is 4.86. The molecule has 1 fully saturated rings. The first-order chi connectivity index (χ1) is 9.17. The van der Waals surface area contributed by atoms with E-state index in [4.69, 9.17) is 4.74 Å². The molecule has 0 N–H and O–H groups in total. The van der Waals surface area contributed by atoms with Crippen LogP contribution in [-0.2, 0) is 0 Å². The maximum absolute atomic E-state index is 12.7. The number of carbonyl (C=O) groups excluding carboxylic acids is 1. The molecule has 1 saturated carbocycles. The van der Waals surface area contributed by atoms with Crippen LogP contribution in [0.15, 0.2) is 22.7 Å². The second kappa shape index (κ2) is 6.42. The van der Waals surface area contributed by atoms with Gasteiger partial charge in [0, 0.05) is 17.1 Å². The molecule has 1 aliphatic carbocycles. The van der Waals surface area contributed by atoms with E-state index >= 15 is 0 Å². The number of benzene rings is 1. The van der Waals surface area contributed by atoms with Crippen molar-refractivity contribution in [1.29, 1.82) is 0 Å². The molecule has 0 aromatic heterocycles. The summed E-state index contributed by atoms with van der Waals surface area (Å²) in [5, 5.41) is 0. The molecule has 0 saturated heterocycles. The standard InChI is InChI=1S/C15H20BrNO2/c1-3-17(12-6-4-5-7-12)15(18)13-9-8-11(16)10-14(13)19-2/h8-10,12H,3-7H2,1-2H3. The zero-order valence-corrected chi connectivity index (χ0v) is 13.1. The van der Waals surface area contributed by atoms with E-state index in [1.54, 1.807) is 7.11 Å². The number of nitrogens with zero attached hydrogens (tertiary/aromatic N) is 1. The summed E-state index contributed by atoms with van der Waals surface area (Å²) in [5.74, 6) is 0.717. The van der Waals surface area contributed by atoms with Gasteiger partial charge in [0.1, 0.15) is 5.75 Å². The van der Waals surface area contributed by atoms with Crippen LogP contribution in [0.25, 0.3) is 0 Å². The molecule has 0 atom stereocenters. The van der Waals surface area contributed by atoms with Crippen molar-refractivity contribution in [2.45, 2.75) is 38.6 Å². The summed E-state index contributed by atoms with van der Waals surface area (Å²) in [6, 6.07) is 5.96. The molecule has 1 aromatic carbocycles. The molecule has 2 rings (SSSR count). The van der Waals surface area contributed by atoms with E-state index in [0.717, 1.165) is 23.9 Å². The van der Waals surface area contributed by atoms with E-state index in [1.165, 1.54) is 12.8 Å². The highest BCUT2D eigenvalue weighted by Crippen LogP contribution is 2.29. The Bertz CT molecular complexity index is 455. The highest BCUT2D eigenvalue weighted by atomic mass is 79.9. The van der Waals surface area contributed by atoms with E-state index in [9.17, 15) is 4.79 Å². The minimum absolute atomic E-state index is 0.0822. The number of ether oxygens (including phenoxy) is 1. The number of halogens is 1. The van der Waals surface area contributed by atoms with E-state index in [2.05, 4.69) is 15.9 Å². The van der Waals surface area contributed by atoms with Gasteiger partial charge in [0.15, 0.2) is 0 Å². The van der Waals surface area contributed by atoms with Crippen LogP contribution in [0.5, 0.6) is 5.75 Å². The first-order valence-electron chi connectivity index (χ1n) is 6.82. The molecule has 0 aliphatic heterocycles. The van der Waals surface area contributed by atoms with Crippen molar-refractivity contribution in [2.24, 2.45) is 0 Å². The van der Waals surface area contributed by atoms with E-state index in [0.29, 0.717) is 17.4 Å². The van der Waals surface area contributed by atoms with Crippen LogP contribution in [-0.4, -0.2) is 30.5 Å². The molecule has 0 unspecified atom stereocenters. The number of carbonyl (C=O) groups is 1. The SMILES string of the molecule is CCN(C(=O)c1ccc(Br)cc1OC)C1CCCC1. The lowest BCUT2D eigenvalue weighted by molar-refractivity contribution is 0.0690. The maximum atomic E-state index is 12.7. The number of amides is 1. The average molecular weight is 326 g/mol. The highest BCUT2D eigenvalue weighted by molar-refractivity contribution is 9.10. The van der Waals surface area contributed by atoms with Gasteiger partial charge in [-0.05, 0) is 38.0 Å². The summed E-state index contributed by atoms with van der Waals surface area (Å²) in [6.45, 7) is 2.80. The Labute approximate surface area is 123 Å². The summed E-state index contributed by atoms with van der Waals surface area (Å²) in [4.78, 5) is 14.7. The zero-order valence-electron chi connectivity index (χ0n) is 11.5. The summed E-state index contributed by atoms with van der Waals surface area (Å²) < 4.78 is 6.25. The molecular weight excluding hydrogens is 306 g/mol. The fraction of sp³-hybridized carbons (Fsp3) is 0.533. The van der Waals surface area contributed by atoms with Gasteiger partial charge in [-0.15, -0.1) is 0 Å². The van der Waals surface area contributed by atoms with E-state index < -0.39 is 0 Å². The van der Waals surface area contributed by atoms with Gasteiger partial charge >= 0.3 is 0 Å². The molecule has 104 valence electrons. The minimum atomic E-state index is 0.0822. The van der Waals surface area contributed by atoms with Crippen LogP contribution in [0, 0.1) is 0 Å². The molecule has 0 bridgehead atoms. The smallest absolute Gasteiger partial charge is 0.257 e. The van der Waals surface area contributed by atoms with Crippen LogP contribution in [0.1, 0.15) is 43.0 Å². The molecular formula is C15H20BrNO2. The van der Waals surface area contributed by atoms with Crippen molar-refractivity contribution in [1.82, 2.24) is 4.90 Å². The molecule has 19 heavy (non-hydrogen) atoms. The lowest BCUT2D eigenvalue weighted by Gasteiger charge is -2.28. The van der Waals surface area contributed by atoms with Crippen LogP contribution >= 0.6 is 15.9 Å². The summed E-state index contributed by atoms with van der Waals surface area (Å²) >= 11 is 3.40. The average Bonchev–Trinajstić information content (AvgIpc) is 2.93.